The molecule has 0 aromatic heterocycles. The van der Waals surface area contributed by atoms with E-state index in [1.165, 1.54) is 35.7 Å². The Hall–Kier alpha value is -1.93. The largest absolute Gasteiger partial charge is 0.466 e. The summed E-state index contributed by atoms with van der Waals surface area (Å²) in [6.45, 7) is 0.555. The van der Waals surface area contributed by atoms with Gasteiger partial charge in [-0.15, -0.1) is 0 Å². The van der Waals surface area contributed by atoms with Crippen molar-refractivity contribution in [3.63, 3.8) is 0 Å². The maximum absolute atomic E-state index is 12.3. The van der Waals surface area contributed by atoms with Crippen molar-refractivity contribution in [2.45, 2.75) is 17.7 Å². The minimum absolute atomic E-state index is 0.138. The molecule has 0 spiro atoms. The molecule has 0 N–H and O–H groups in total. The lowest BCUT2D eigenvalue weighted by molar-refractivity contribution is -0.144. The average Bonchev–Trinajstić information content (AvgIpc) is 3.07. The van der Waals surface area contributed by atoms with E-state index in [0.29, 0.717) is 13.1 Å². The summed E-state index contributed by atoms with van der Waals surface area (Å²) in [5.41, 5.74) is 0.171. The molecule has 22 heavy (non-hydrogen) atoms. The first-order valence-corrected chi connectivity index (χ1v) is 8.23. The fraction of sp³-hybridized carbons (Fsp3) is 0.429. The first-order valence-electron chi connectivity index (χ1n) is 6.79. The zero-order valence-corrected chi connectivity index (χ0v) is 13.0. The molecule has 120 valence electrons. The van der Waals surface area contributed by atoms with E-state index < -0.39 is 28.6 Å². The quantitative estimate of drug-likeness (QED) is 0.743. The number of hydrogen-bond acceptors (Lipinski definition) is 6. The SMILES string of the molecule is COC(=O)COC(=O)c1ccc(S(=O)(=O)N2CCCC2)cc1. The van der Waals surface area contributed by atoms with Crippen molar-refractivity contribution in [3.8, 4) is 0 Å². The Balaban J connectivity index is 2.06. The second-order valence-corrected chi connectivity index (χ2v) is 6.73. The second kappa shape index (κ2) is 6.89. The highest BCUT2D eigenvalue weighted by Gasteiger charge is 2.27. The zero-order chi connectivity index (χ0) is 16.2. The summed E-state index contributed by atoms with van der Waals surface area (Å²) in [5.74, 6) is -1.38. The number of esters is 2. The lowest BCUT2D eigenvalue weighted by Gasteiger charge is -2.15. The minimum atomic E-state index is -3.50. The van der Waals surface area contributed by atoms with Gasteiger partial charge in [-0.2, -0.15) is 4.31 Å². The van der Waals surface area contributed by atoms with E-state index in [0.717, 1.165) is 12.8 Å². The summed E-state index contributed by atoms with van der Waals surface area (Å²) in [6, 6.07) is 5.45. The smallest absolute Gasteiger partial charge is 0.344 e. The molecule has 0 unspecified atom stereocenters. The molecule has 8 heteroatoms. The highest BCUT2D eigenvalue weighted by Crippen LogP contribution is 2.21. The summed E-state index contributed by atoms with van der Waals surface area (Å²) in [5, 5.41) is 0. The Morgan fingerprint density at radius 2 is 1.73 bits per heavy atom. The fourth-order valence-electron chi connectivity index (χ4n) is 2.11. The van der Waals surface area contributed by atoms with Gasteiger partial charge < -0.3 is 9.47 Å². The third-order valence-corrected chi connectivity index (χ3v) is 5.25. The van der Waals surface area contributed by atoms with Gasteiger partial charge in [0.05, 0.1) is 17.6 Å². The van der Waals surface area contributed by atoms with E-state index in [9.17, 15) is 18.0 Å². The molecule has 0 bridgehead atoms. The van der Waals surface area contributed by atoms with E-state index in [1.807, 2.05) is 0 Å². The lowest BCUT2D eigenvalue weighted by atomic mass is 10.2. The highest BCUT2D eigenvalue weighted by molar-refractivity contribution is 7.89. The van der Waals surface area contributed by atoms with Gasteiger partial charge in [0.1, 0.15) is 0 Å². The third-order valence-electron chi connectivity index (χ3n) is 3.34. The molecule has 0 radical (unpaired) electrons. The van der Waals surface area contributed by atoms with Gasteiger partial charge in [-0.1, -0.05) is 0 Å². The molecule has 1 aromatic rings. The van der Waals surface area contributed by atoms with Gasteiger partial charge >= 0.3 is 11.9 Å². The van der Waals surface area contributed by atoms with Crippen LogP contribution in [0.15, 0.2) is 29.2 Å². The first kappa shape index (κ1) is 16.4. The van der Waals surface area contributed by atoms with Crippen molar-refractivity contribution in [2.75, 3.05) is 26.8 Å². The van der Waals surface area contributed by atoms with Crippen LogP contribution in [-0.2, 0) is 24.3 Å². The van der Waals surface area contributed by atoms with Gasteiger partial charge in [0, 0.05) is 13.1 Å². The predicted molar refractivity (Wildman–Crippen MR) is 76.7 cm³/mol. The zero-order valence-electron chi connectivity index (χ0n) is 12.1. The summed E-state index contributed by atoms with van der Waals surface area (Å²) in [4.78, 5) is 22.7. The molecule has 2 rings (SSSR count). The molecule has 1 fully saturated rings. The van der Waals surface area contributed by atoms with Crippen LogP contribution in [0.2, 0.25) is 0 Å². The number of hydrogen-bond donors (Lipinski definition) is 0. The molecule has 7 nitrogen and oxygen atoms in total. The van der Waals surface area contributed by atoms with Gasteiger partial charge in [0.15, 0.2) is 6.61 Å². The Bertz CT molecular complexity index is 646. The summed E-state index contributed by atoms with van der Waals surface area (Å²) < 4.78 is 35.2. The van der Waals surface area contributed by atoms with Crippen LogP contribution in [0.4, 0.5) is 0 Å². The highest BCUT2D eigenvalue weighted by atomic mass is 32.2. The Morgan fingerprint density at radius 1 is 1.14 bits per heavy atom. The van der Waals surface area contributed by atoms with Crippen molar-refractivity contribution in [2.24, 2.45) is 0 Å². The Kier molecular flexibility index (Phi) is 5.15. The standard InChI is InChI=1S/C14H17NO6S/c1-20-13(16)10-21-14(17)11-4-6-12(7-5-11)22(18,19)15-8-2-3-9-15/h4-7H,2-3,8-10H2,1H3. The lowest BCUT2D eigenvalue weighted by Crippen LogP contribution is -2.27. The van der Waals surface area contributed by atoms with Crippen molar-refractivity contribution in [1.29, 1.82) is 0 Å². The van der Waals surface area contributed by atoms with Crippen molar-refractivity contribution in [3.05, 3.63) is 29.8 Å². The molecule has 1 aliphatic rings. The number of ether oxygens (including phenoxy) is 2. The molecular weight excluding hydrogens is 310 g/mol. The molecule has 0 saturated carbocycles. The number of carbonyl (C=O) groups is 2. The summed E-state index contributed by atoms with van der Waals surface area (Å²) in [7, 11) is -2.32. The number of nitrogens with zero attached hydrogens (tertiary/aromatic N) is 1. The maximum Gasteiger partial charge on any atom is 0.344 e. The Morgan fingerprint density at radius 3 is 2.27 bits per heavy atom. The molecule has 0 amide bonds. The van der Waals surface area contributed by atoms with Gasteiger partial charge in [-0.05, 0) is 37.1 Å². The normalized spacial score (nSPS) is 15.5. The van der Waals surface area contributed by atoms with Crippen LogP contribution in [-0.4, -0.2) is 51.5 Å². The van der Waals surface area contributed by atoms with Crippen LogP contribution in [0.25, 0.3) is 0 Å². The molecule has 1 aromatic carbocycles. The van der Waals surface area contributed by atoms with E-state index >= 15 is 0 Å². The monoisotopic (exact) mass is 327 g/mol. The van der Waals surface area contributed by atoms with E-state index in [4.69, 9.17) is 4.74 Å². The van der Waals surface area contributed by atoms with Crippen LogP contribution in [0.3, 0.4) is 0 Å². The van der Waals surface area contributed by atoms with E-state index in [2.05, 4.69) is 4.74 Å². The van der Waals surface area contributed by atoms with E-state index in [1.54, 1.807) is 0 Å². The fourth-order valence-corrected chi connectivity index (χ4v) is 3.62. The molecular formula is C14H17NO6S. The topological polar surface area (TPSA) is 90.0 Å². The second-order valence-electron chi connectivity index (χ2n) is 4.79. The van der Waals surface area contributed by atoms with Gasteiger partial charge in [-0.3, -0.25) is 0 Å². The minimum Gasteiger partial charge on any atom is -0.466 e. The van der Waals surface area contributed by atoms with Crippen molar-refractivity contribution >= 4 is 22.0 Å². The maximum atomic E-state index is 12.3. The summed E-state index contributed by atoms with van der Waals surface area (Å²) >= 11 is 0. The van der Waals surface area contributed by atoms with Crippen LogP contribution >= 0.6 is 0 Å². The number of benzene rings is 1. The van der Waals surface area contributed by atoms with Gasteiger partial charge in [-0.25, -0.2) is 18.0 Å². The van der Waals surface area contributed by atoms with Crippen LogP contribution in [0.1, 0.15) is 23.2 Å². The first-order chi connectivity index (χ1) is 10.4. The predicted octanol–water partition coefficient (Wildman–Crippen LogP) is 0.801. The molecule has 0 aliphatic carbocycles. The van der Waals surface area contributed by atoms with Crippen molar-refractivity contribution in [1.82, 2.24) is 4.31 Å². The molecule has 1 heterocycles. The molecule has 0 atom stereocenters. The third kappa shape index (κ3) is 3.63. The summed E-state index contributed by atoms with van der Waals surface area (Å²) in [6.07, 6.45) is 1.72. The van der Waals surface area contributed by atoms with Crippen LogP contribution in [0.5, 0.6) is 0 Å². The molecule has 1 saturated heterocycles. The number of rotatable bonds is 5. The average molecular weight is 327 g/mol. The number of sulfonamides is 1. The molecule has 1 aliphatic heterocycles. The van der Waals surface area contributed by atoms with Gasteiger partial charge in [0.25, 0.3) is 0 Å². The van der Waals surface area contributed by atoms with Crippen LogP contribution in [0, 0.1) is 0 Å². The van der Waals surface area contributed by atoms with E-state index in [-0.39, 0.29) is 10.5 Å². The number of methoxy groups -OCH3 is 1. The van der Waals surface area contributed by atoms with Gasteiger partial charge in [0.2, 0.25) is 10.0 Å². The van der Waals surface area contributed by atoms with Crippen LogP contribution < -0.4 is 0 Å². The Labute approximate surface area is 128 Å². The van der Waals surface area contributed by atoms with Crippen molar-refractivity contribution < 1.29 is 27.5 Å². The number of carbonyl (C=O) groups excluding carboxylic acids is 2.